The molecule has 15 heteroatoms. The van der Waals surface area contributed by atoms with Gasteiger partial charge in [-0.2, -0.15) is 5.09 Å². The zero-order chi connectivity index (χ0) is 28.9. The molecule has 1 saturated heterocycles. The summed E-state index contributed by atoms with van der Waals surface area (Å²) in [6, 6.07) is 7.45. The number of fused-ring (bicyclic) bond motifs is 1. The molecule has 2 unspecified atom stereocenters. The molecule has 13 nitrogen and oxygen atoms in total. The van der Waals surface area contributed by atoms with Crippen LogP contribution in [-0.4, -0.2) is 61.0 Å². The lowest BCUT2D eigenvalue weighted by atomic mass is 9.95. The molecule has 40 heavy (non-hydrogen) atoms. The fourth-order valence-corrected chi connectivity index (χ4v) is 6.96. The first-order valence-corrected chi connectivity index (χ1v) is 14.5. The van der Waals surface area contributed by atoms with E-state index in [-0.39, 0.29) is 11.9 Å². The standard InChI is InChI=1S/C25H31FN3O10P/c1-15(19(31)36-16-9-5-3-6-10-16)28-40(35,38-17-11-7-4-8-12-17)39-20-24(34)23(2,33)21(37-25(20,24)26)29-14-13-18(30)27-22(29)32/h4,7-8,11-16,20-21,33-34H,3,5-6,9-10H2,1-2H3,(H,28,35)(H,27,30,32)/t15?,20?,21-,23+,24+,25-,40+/m1/s1. The number of H-pyrrole nitrogens is 1. The summed E-state index contributed by atoms with van der Waals surface area (Å²) in [6.07, 6.45) is 1.15. The topological polar surface area (TPSA) is 178 Å². The number of aromatic amines is 1. The molecular formula is C25H31FN3O10P. The van der Waals surface area contributed by atoms with Gasteiger partial charge in [0, 0.05) is 12.3 Å². The fourth-order valence-electron chi connectivity index (χ4n) is 5.26. The Morgan fingerprint density at radius 1 is 1.20 bits per heavy atom. The van der Waals surface area contributed by atoms with Gasteiger partial charge < -0.3 is 24.2 Å². The molecule has 3 aliphatic rings. The summed E-state index contributed by atoms with van der Waals surface area (Å²) >= 11 is 0. The number of halogens is 1. The highest BCUT2D eigenvalue weighted by molar-refractivity contribution is 7.52. The Morgan fingerprint density at radius 2 is 1.88 bits per heavy atom. The second-order valence-corrected chi connectivity index (χ2v) is 12.1. The maximum atomic E-state index is 16.0. The van der Waals surface area contributed by atoms with Crippen LogP contribution < -0.4 is 20.9 Å². The number of alkyl halides is 1. The van der Waals surface area contributed by atoms with Gasteiger partial charge in [0.2, 0.25) is 0 Å². The SMILES string of the molecule is CC(N[P@](=O)(Oc1ccccc1)OC1[C@]2(O)[C@@](C)(O)[C@H](n3ccc(=O)[nH]c3=O)O[C@]12F)C(=O)OC1CCCCC1. The van der Waals surface area contributed by atoms with E-state index in [1.807, 2.05) is 4.98 Å². The van der Waals surface area contributed by atoms with Crippen LogP contribution in [0.2, 0.25) is 0 Å². The summed E-state index contributed by atoms with van der Waals surface area (Å²) in [6.45, 7) is 2.37. The highest BCUT2D eigenvalue weighted by atomic mass is 31.2. The lowest BCUT2D eigenvalue weighted by molar-refractivity contribution is -0.180. The van der Waals surface area contributed by atoms with Gasteiger partial charge in [-0.25, -0.2) is 13.8 Å². The molecule has 3 fully saturated rings. The van der Waals surface area contributed by atoms with Gasteiger partial charge in [0.1, 0.15) is 23.5 Å². The molecule has 7 atom stereocenters. The minimum atomic E-state index is -4.66. The van der Waals surface area contributed by atoms with Crippen molar-refractivity contribution >= 4 is 13.7 Å². The molecule has 0 spiro atoms. The average molecular weight is 584 g/mol. The summed E-state index contributed by atoms with van der Waals surface area (Å²) in [5.74, 6) is -3.82. The van der Waals surface area contributed by atoms with Crippen molar-refractivity contribution in [1.29, 1.82) is 0 Å². The second-order valence-electron chi connectivity index (χ2n) is 10.5. The molecule has 218 valence electrons. The maximum absolute atomic E-state index is 16.0. The number of benzene rings is 1. The van der Waals surface area contributed by atoms with Crippen LogP contribution in [-0.2, 0) is 23.4 Å². The minimum absolute atomic E-state index is 0.0437. The first-order valence-electron chi connectivity index (χ1n) is 12.9. The normalized spacial score (nSPS) is 33.9. The smallest absolute Gasteiger partial charge is 0.460 e. The Morgan fingerprint density at radius 3 is 2.48 bits per heavy atom. The van der Waals surface area contributed by atoms with E-state index in [9.17, 15) is 29.2 Å². The number of carbonyl (C=O) groups excluding carboxylic acids is 1. The van der Waals surface area contributed by atoms with Crippen molar-refractivity contribution in [3.8, 4) is 5.75 Å². The molecule has 2 saturated carbocycles. The number of hydrogen-bond acceptors (Lipinski definition) is 10. The molecule has 5 rings (SSSR count). The number of ether oxygens (including phenoxy) is 2. The predicted molar refractivity (Wildman–Crippen MR) is 136 cm³/mol. The van der Waals surface area contributed by atoms with E-state index in [1.165, 1.54) is 19.1 Å². The van der Waals surface area contributed by atoms with Crippen molar-refractivity contribution in [3.05, 3.63) is 63.4 Å². The molecule has 1 aromatic carbocycles. The van der Waals surface area contributed by atoms with Crippen LogP contribution in [0.4, 0.5) is 4.39 Å². The minimum Gasteiger partial charge on any atom is -0.461 e. The number of aliphatic hydroxyl groups is 2. The van der Waals surface area contributed by atoms with Gasteiger partial charge >= 0.3 is 19.4 Å². The maximum Gasteiger partial charge on any atom is 0.460 e. The summed E-state index contributed by atoms with van der Waals surface area (Å²) < 4.78 is 52.4. The zero-order valence-electron chi connectivity index (χ0n) is 21.8. The molecule has 2 aromatic rings. The summed E-state index contributed by atoms with van der Waals surface area (Å²) in [7, 11) is -4.66. The number of aromatic nitrogens is 2. The Balaban J connectivity index is 1.38. The monoisotopic (exact) mass is 583 g/mol. The van der Waals surface area contributed by atoms with Gasteiger partial charge in [0.15, 0.2) is 17.9 Å². The Bertz CT molecular complexity index is 1430. The van der Waals surface area contributed by atoms with Crippen LogP contribution in [0.5, 0.6) is 5.75 Å². The van der Waals surface area contributed by atoms with Gasteiger partial charge in [-0.15, -0.1) is 0 Å². The van der Waals surface area contributed by atoms with E-state index in [2.05, 4.69) is 5.09 Å². The van der Waals surface area contributed by atoms with Crippen molar-refractivity contribution in [2.45, 2.75) is 87.5 Å². The van der Waals surface area contributed by atoms with Gasteiger partial charge in [0.05, 0.1) is 0 Å². The molecular weight excluding hydrogens is 552 g/mol. The predicted octanol–water partition coefficient (Wildman–Crippen LogP) is 1.65. The number of carbonyl (C=O) groups is 1. The molecule has 2 aliphatic carbocycles. The molecule has 1 aromatic heterocycles. The third kappa shape index (κ3) is 4.82. The first-order chi connectivity index (χ1) is 18.8. The van der Waals surface area contributed by atoms with Crippen molar-refractivity contribution in [2.24, 2.45) is 0 Å². The van der Waals surface area contributed by atoms with E-state index in [1.54, 1.807) is 18.2 Å². The molecule has 2 heterocycles. The Hall–Kier alpha value is -2.87. The Kier molecular flexibility index (Phi) is 7.30. The van der Waals surface area contributed by atoms with Crippen molar-refractivity contribution in [1.82, 2.24) is 14.6 Å². The third-order valence-corrected chi connectivity index (χ3v) is 9.19. The number of para-hydroxylation sites is 1. The summed E-state index contributed by atoms with van der Waals surface area (Å²) in [5.41, 5.74) is -7.09. The number of rotatable bonds is 9. The molecule has 1 aliphatic heterocycles. The molecule has 4 N–H and O–H groups in total. The number of hydrogen-bond donors (Lipinski definition) is 4. The summed E-state index contributed by atoms with van der Waals surface area (Å²) in [4.78, 5) is 38.4. The van der Waals surface area contributed by atoms with Crippen LogP contribution in [0.25, 0.3) is 0 Å². The first kappa shape index (κ1) is 28.7. The number of nitrogens with one attached hydrogen (secondary N) is 2. The van der Waals surface area contributed by atoms with E-state index >= 15 is 4.39 Å². The van der Waals surface area contributed by atoms with E-state index in [0.29, 0.717) is 17.4 Å². The molecule has 0 radical (unpaired) electrons. The largest absolute Gasteiger partial charge is 0.461 e. The molecule has 0 amide bonds. The van der Waals surface area contributed by atoms with Crippen molar-refractivity contribution < 1.29 is 42.5 Å². The van der Waals surface area contributed by atoms with Crippen molar-refractivity contribution in [2.75, 3.05) is 0 Å². The molecule has 0 bridgehead atoms. The summed E-state index contributed by atoms with van der Waals surface area (Å²) in [5, 5.41) is 24.8. The fraction of sp³-hybridized carbons (Fsp3) is 0.560. The van der Waals surface area contributed by atoms with Crippen LogP contribution in [0.1, 0.15) is 52.2 Å². The zero-order valence-corrected chi connectivity index (χ0v) is 22.7. The lowest BCUT2D eigenvalue weighted by Crippen LogP contribution is -2.51. The van der Waals surface area contributed by atoms with Crippen molar-refractivity contribution in [3.63, 3.8) is 0 Å². The lowest BCUT2D eigenvalue weighted by Gasteiger charge is -2.33. The highest BCUT2D eigenvalue weighted by Crippen LogP contribution is 2.71. The average Bonchev–Trinajstić information content (AvgIpc) is 3.30. The van der Waals surface area contributed by atoms with Crippen LogP contribution in [0.3, 0.4) is 0 Å². The third-order valence-electron chi connectivity index (χ3n) is 7.55. The van der Waals surface area contributed by atoms with Crippen LogP contribution in [0, 0.1) is 0 Å². The number of nitrogens with zero attached hydrogens (tertiary/aromatic N) is 1. The second kappa shape index (κ2) is 10.2. The van der Waals surface area contributed by atoms with E-state index in [4.69, 9.17) is 18.5 Å². The van der Waals surface area contributed by atoms with E-state index in [0.717, 1.165) is 38.4 Å². The highest BCUT2D eigenvalue weighted by Gasteiger charge is 2.95. The van der Waals surface area contributed by atoms with Crippen LogP contribution >= 0.6 is 7.75 Å². The van der Waals surface area contributed by atoms with Crippen LogP contribution in [0.15, 0.2) is 52.2 Å². The van der Waals surface area contributed by atoms with Gasteiger partial charge in [-0.1, -0.05) is 24.6 Å². The van der Waals surface area contributed by atoms with Gasteiger partial charge in [-0.05, 0) is 51.7 Å². The quantitative estimate of drug-likeness (QED) is 0.249. The van der Waals surface area contributed by atoms with Gasteiger partial charge in [0.25, 0.3) is 11.4 Å². The number of esters is 1. The Labute approximate surface area is 227 Å². The van der Waals surface area contributed by atoms with E-state index < -0.39 is 60.4 Å². The van der Waals surface area contributed by atoms with Gasteiger partial charge in [-0.3, -0.25) is 23.7 Å².